The van der Waals surface area contributed by atoms with Gasteiger partial charge in [0.05, 0.1) is 12.6 Å². The van der Waals surface area contributed by atoms with Crippen LogP contribution < -0.4 is 10.6 Å². The number of ether oxygens (including phenoxy) is 1. The smallest absolute Gasteiger partial charge is 0.238 e. The molecule has 1 fully saturated rings. The summed E-state index contributed by atoms with van der Waals surface area (Å²) in [5.74, 6) is -0.222. The maximum absolute atomic E-state index is 13.0. The summed E-state index contributed by atoms with van der Waals surface area (Å²) in [5.41, 5.74) is 1.02. The minimum Gasteiger partial charge on any atom is -0.475 e. The first kappa shape index (κ1) is 23.9. The zero-order valence-electron chi connectivity index (χ0n) is 19.2. The molecule has 2 aliphatic heterocycles. The molecule has 4 atom stereocenters. The van der Waals surface area contributed by atoms with Gasteiger partial charge in [-0.2, -0.15) is 5.26 Å². The zero-order valence-corrected chi connectivity index (χ0v) is 20.0. The molecule has 1 aromatic rings. The van der Waals surface area contributed by atoms with E-state index in [2.05, 4.69) is 21.7 Å². The van der Waals surface area contributed by atoms with Crippen molar-refractivity contribution in [2.75, 3.05) is 30.3 Å². The van der Waals surface area contributed by atoms with Gasteiger partial charge < -0.3 is 20.3 Å². The van der Waals surface area contributed by atoms with Gasteiger partial charge >= 0.3 is 0 Å². The first-order chi connectivity index (χ1) is 15.1. The van der Waals surface area contributed by atoms with Crippen LogP contribution in [0.5, 0.6) is 0 Å². The number of carbonyl (C=O) groups excluding carboxylic acids is 2. The summed E-state index contributed by atoms with van der Waals surface area (Å²) in [4.78, 5) is 31.4. The quantitative estimate of drug-likeness (QED) is 0.639. The Balaban J connectivity index is 0.00000289. The molecule has 2 amide bonds. The van der Waals surface area contributed by atoms with Crippen LogP contribution in [0, 0.1) is 22.7 Å². The highest BCUT2D eigenvalue weighted by Gasteiger charge is 2.46. The molecular formula is C23H35N5O3S. The number of amides is 2. The van der Waals surface area contributed by atoms with Gasteiger partial charge in [-0.25, -0.2) is 0 Å². The van der Waals surface area contributed by atoms with E-state index in [1.807, 2.05) is 58.9 Å². The molecule has 1 saturated heterocycles. The van der Waals surface area contributed by atoms with Crippen molar-refractivity contribution >= 4 is 40.8 Å². The van der Waals surface area contributed by atoms with Crippen LogP contribution in [0.25, 0.3) is 0 Å². The number of anilines is 2. The van der Waals surface area contributed by atoms with Crippen molar-refractivity contribution in [3.8, 4) is 6.07 Å². The van der Waals surface area contributed by atoms with Crippen molar-refractivity contribution in [1.82, 2.24) is 4.90 Å². The first-order valence-corrected chi connectivity index (χ1v) is 11.8. The molecule has 9 heteroatoms. The topological polar surface area (TPSA) is 107 Å². The SMILES string of the molecule is CCN1C(=O)[C@@H](CNc2cccc(NC(=O)C(C)(C)C)c2)SC1C(C#N)C1=NCC(C)O1.[HH].[HH]. The Morgan fingerprint density at radius 3 is 2.75 bits per heavy atom. The van der Waals surface area contributed by atoms with Crippen LogP contribution in [0.2, 0.25) is 0 Å². The Bertz CT molecular complexity index is 947. The number of carbonyl (C=O) groups is 2. The van der Waals surface area contributed by atoms with Crippen molar-refractivity contribution in [1.29, 1.82) is 5.26 Å². The van der Waals surface area contributed by atoms with Crippen molar-refractivity contribution in [3.05, 3.63) is 24.3 Å². The molecule has 2 N–H and O–H groups in total. The van der Waals surface area contributed by atoms with Gasteiger partial charge in [-0.3, -0.25) is 14.6 Å². The van der Waals surface area contributed by atoms with E-state index in [4.69, 9.17) is 4.74 Å². The number of hydrogen-bond donors (Lipinski definition) is 2. The molecule has 1 aromatic carbocycles. The lowest BCUT2D eigenvalue weighted by molar-refractivity contribution is -0.129. The molecule has 0 saturated carbocycles. The maximum atomic E-state index is 13.0. The van der Waals surface area contributed by atoms with Gasteiger partial charge in [0.25, 0.3) is 0 Å². The summed E-state index contributed by atoms with van der Waals surface area (Å²) in [6, 6.07) is 9.73. The zero-order chi connectivity index (χ0) is 23.5. The minimum absolute atomic E-state index is 0. The fourth-order valence-electron chi connectivity index (χ4n) is 3.49. The van der Waals surface area contributed by atoms with Gasteiger partial charge in [0.2, 0.25) is 17.7 Å². The van der Waals surface area contributed by atoms with E-state index in [9.17, 15) is 14.9 Å². The molecule has 0 aromatic heterocycles. The van der Waals surface area contributed by atoms with E-state index in [0.717, 1.165) is 5.69 Å². The third-order valence-corrected chi connectivity index (χ3v) is 6.82. The number of nitrogens with zero attached hydrogens (tertiary/aromatic N) is 3. The number of aliphatic imine (C=N–C) groups is 1. The molecule has 0 spiro atoms. The van der Waals surface area contributed by atoms with Crippen LogP contribution in [0.1, 0.15) is 37.5 Å². The Labute approximate surface area is 196 Å². The Kier molecular flexibility index (Phi) is 7.34. The Hall–Kier alpha value is -2.73. The summed E-state index contributed by atoms with van der Waals surface area (Å²) in [6.07, 6.45) is -0.0402. The van der Waals surface area contributed by atoms with E-state index < -0.39 is 11.3 Å². The second kappa shape index (κ2) is 9.82. The van der Waals surface area contributed by atoms with Crippen LogP contribution in [0.3, 0.4) is 0 Å². The molecule has 8 nitrogen and oxygen atoms in total. The maximum Gasteiger partial charge on any atom is 0.238 e. The van der Waals surface area contributed by atoms with Gasteiger partial charge in [-0.1, -0.05) is 26.8 Å². The lowest BCUT2D eigenvalue weighted by Crippen LogP contribution is -2.41. The molecular weight excluding hydrogens is 426 g/mol. The van der Waals surface area contributed by atoms with Gasteiger partial charge in [-0.05, 0) is 32.0 Å². The van der Waals surface area contributed by atoms with Crippen molar-refractivity contribution < 1.29 is 17.2 Å². The number of nitrogens with one attached hydrogen (secondary N) is 2. The van der Waals surface area contributed by atoms with Crippen LogP contribution in [-0.4, -0.2) is 59.0 Å². The van der Waals surface area contributed by atoms with Crippen LogP contribution in [-0.2, 0) is 14.3 Å². The lowest BCUT2D eigenvalue weighted by Gasteiger charge is -2.25. The van der Waals surface area contributed by atoms with E-state index in [1.54, 1.807) is 4.90 Å². The normalized spacial score (nSPS) is 23.9. The second-order valence-electron chi connectivity index (χ2n) is 9.02. The first-order valence-electron chi connectivity index (χ1n) is 10.9. The molecule has 32 heavy (non-hydrogen) atoms. The molecule has 176 valence electrons. The number of rotatable bonds is 7. The summed E-state index contributed by atoms with van der Waals surface area (Å²) in [6.45, 7) is 10.9. The van der Waals surface area contributed by atoms with Gasteiger partial charge in [-0.15, -0.1) is 11.8 Å². The predicted octanol–water partition coefficient (Wildman–Crippen LogP) is 3.82. The third kappa shape index (κ3) is 5.36. The highest BCUT2D eigenvalue weighted by molar-refractivity contribution is 8.01. The van der Waals surface area contributed by atoms with Gasteiger partial charge in [0.15, 0.2) is 5.92 Å². The number of hydrogen-bond acceptors (Lipinski definition) is 7. The summed E-state index contributed by atoms with van der Waals surface area (Å²) < 4.78 is 5.71. The number of nitriles is 1. The molecule has 2 aliphatic rings. The molecule has 2 heterocycles. The number of benzene rings is 1. The summed E-state index contributed by atoms with van der Waals surface area (Å²) >= 11 is 1.47. The second-order valence-corrected chi connectivity index (χ2v) is 10.3. The monoisotopic (exact) mass is 461 g/mol. The lowest BCUT2D eigenvalue weighted by atomic mass is 9.95. The molecule has 3 rings (SSSR count). The van der Waals surface area contributed by atoms with Crippen molar-refractivity contribution in [2.24, 2.45) is 16.3 Å². The van der Waals surface area contributed by atoms with E-state index in [1.165, 1.54) is 11.8 Å². The molecule has 3 unspecified atom stereocenters. The average molecular weight is 462 g/mol. The van der Waals surface area contributed by atoms with E-state index >= 15 is 0 Å². The van der Waals surface area contributed by atoms with Gasteiger partial charge in [0.1, 0.15) is 16.7 Å². The van der Waals surface area contributed by atoms with Gasteiger partial charge in [0, 0.05) is 32.7 Å². The minimum atomic E-state index is -0.588. The molecule has 0 bridgehead atoms. The highest BCUT2D eigenvalue weighted by atomic mass is 32.2. The largest absolute Gasteiger partial charge is 0.475 e. The highest BCUT2D eigenvalue weighted by Crippen LogP contribution is 2.37. The predicted molar refractivity (Wildman–Crippen MR) is 132 cm³/mol. The fourth-order valence-corrected chi connectivity index (χ4v) is 4.99. The summed E-state index contributed by atoms with van der Waals surface area (Å²) in [5, 5.41) is 15.3. The van der Waals surface area contributed by atoms with E-state index in [-0.39, 0.29) is 31.4 Å². The number of thioether (sulfide) groups is 1. The summed E-state index contributed by atoms with van der Waals surface area (Å²) in [7, 11) is 0. The fraction of sp³-hybridized carbons (Fsp3) is 0.565. The molecule has 0 aliphatic carbocycles. The average Bonchev–Trinajstić information content (AvgIpc) is 3.30. The molecule has 0 radical (unpaired) electrons. The van der Waals surface area contributed by atoms with Crippen LogP contribution in [0.15, 0.2) is 29.3 Å². The third-order valence-electron chi connectivity index (χ3n) is 5.32. The van der Waals surface area contributed by atoms with E-state index in [0.29, 0.717) is 31.2 Å². The Morgan fingerprint density at radius 1 is 1.44 bits per heavy atom. The van der Waals surface area contributed by atoms with Crippen LogP contribution >= 0.6 is 11.8 Å². The Morgan fingerprint density at radius 2 is 2.16 bits per heavy atom. The van der Waals surface area contributed by atoms with Crippen molar-refractivity contribution in [2.45, 2.75) is 51.3 Å². The standard InChI is InChI=1S/C23H31N5O3S.2H2/c1-6-28-20(29)18(32-21(28)17(11-24)19-26-12-14(2)31-19)13-25-15-8-7-9-16(10-15)27-22(30)23(3,4)5;;/h7-10,14,17-18,21,25H,6,12-13H2,1-5H3,(H,27,30);2*1H/t14?,17?,18-,21?;;/m1../s1. The van der Waals surface area contributed by atoms with Crippen LogP contribution in [0.4, 0.5) is 11.4 Å². The van der Waals surface area contributed by atoms with Crippen molar-refractivity contribution in [3.63, 3.8) is 0 Å².